The molecule has 1 aromatic heterocycles. The fourth-order valence-corrected chi connectivity index (χ4v) is 2.28. The van der Waals surface area contributed by atoms with Crippen LogP contribution >= 0.6 is 22.6 Å². The number of ether oxygens (including phenoxy) is 1. The van der Waals surface area contributed by atoms with Crippen molar-refractivity contribution in [3.63, 3.8) is 0 Å². The topological polar surface area (TPSA) is 22.1 Å². The maximum atomic E-state index is 12.7. The normalized spacial score (nSPS) is 12.3. The first kappa shape index (κ1) is 16.8. The van der Waals surface area contributed by atoms with Gasteiger partial charge >= 0.3 is 12.5 Å². The molecule has 0 bridgehead atoms. The van der Waals surface area contributed by atoms with Crippen LogP contribution in [0.5, 0.6) is 5.75 Å². The van der Waals surface area contributed by atoms with Gasteiger partial charge < -0.3 is 4.74 Å². The third-order valence-corrected chi connectivity index (χ3v) is 3.04. The second kappa shape index (κ2) is 5.94. The lowest BCUT2D eigenvalue weighted by molar-refractivity contribution is -0.274. The summed E-state index contributed by atoms with van der Waals surface area (Å²) in [5.41, 5.74) is -0.858. The minimum Gasteiger partial charge on any atom is -0.406 e. The molecule has 0 atom stereocenters. The van der Waals surface area contributed by atoms with Gasteiger partial charge in [0.1, 0.15) is 15.1 Å². The van der Waals surface area contributed by atoms with Gasteiger partial charge in [0.2, 0.25) is 0 Å². The van der Waals surface area contributed by atoms with Crippen LogP contribution in [-0.4, -0.2) is 11.3 Å². The quantitative estimate of drug-likeness (QED) is 0.366. The molecule has 0 saturated heterocycles. The number of alkyl halides is 6. The number of halogens is 7. The Hall–Kier alpha value is -1.52. The summed E-state index contributed by atoms with van der Waals surface area (Å²) in [7, 11) is 0. The molecule has 0 N–H and O–H groups in total. The Morgan fingerprint density at radius 3 is 2.18 bits per heavy atom. The molecule has 1 heterocycles. The van der Waals surface area contributed by atoms with Crippen LogP contribution in [0.25, 0.3) is 11.1 Å². The third kappa shape index (κ3) is 4.49. The van der Waals surface area contributed by atoms with Crippen LogP contribution in [0.15, 0.2) is 36.4 Å². The fraction of sp³-hybridized carbons (Fsp3) is 0.154. The van der Waals surface area contributed by atoms with Gasteiger partial charge in [-0.05, 0) is 58.0 Å². The van der Waals surface area contributed by atoms with Gasteiger partial charge in [-0.2, -0.15) is 13.2 Å². The lowest BCUT2D eigenvalue weighted by atomic mass is 10.1. The maximum absolute atomic E-state index is 12.7. The molecule has 9 heteroatoms. The minimum absolute atomic E-state index is 0.0737. The molecule has 0 aliphatic rings. The summed E-state index contributed by atoms with van der Waals surface area (Å²) < 4.78 is 78.5. The average molecular weight is 433 g/mol. The van der Waals surface area contributed by atoms with Crippen molar-refractivity contribution in [2.75, 3.05) is 0 Å². The summed E-state index contributed by atoms with van der Waals surface area (Å²) in [5.74, 6) is -0.509. The van der Waals surface area contributed by atoms with Crippen molar-refractivity contribution in [2.24, 2.45) is 0 Å². The van der Waals surface area contributed by atoms with Crippen LogP contribution in [0.1, 0.15) is 5.69 Å². The second-order valence-corrected chi connectivity index (χ2v) is 5.24. The van der Waals surface area contributed by atoms with Crippen LogP contribution < -0.4 is 4.74 Å². The van der Waals surface area contributed by atoms with E-state index in [4.69, 9.17) is 0 Å². The predicted octanol–water partition coefficient (Wildman–Crippen LogP) is 5.27. The Morgan fingerprint density at radius 2 is 1.59 bits per heavy atom. The molecule has 0 radical (unpaired) electrons. The van der Waals surface area contributed by atoms with Crippen LogP contribution in [-0.2, 0) is 6.18 Å². The summed E-state index contributed by atoms with van der Waals surface area (Å²) in [6.07, 6.45) is -9.52. The van der Waals surface area contributed by atoms with E-state index in [-0.39, 0.29) is 14.8 Å². The van der Waals surface area contributed by atoms with Crippen molar-refractivity contribution in [1.29, 1.82) is 0 Å². The number of hydrogen-bond donors (Lipinski definition) is 0. The molecule has 0 unspecified atom stereocenters. The Balaban J connectivity index is 2.44. The Labute approximate surface area is 134 Å². The summed E-state index contributed by atoms with van der Waals surface area (Å²) in [5, 5.41) is 0. The van der Waals surface area contributed by atoms with Gasteiger partial charge in [0.05, 0.1) is 0 Å². The SMILES string of the molecule is FC(F)(F)Oc1cccc(-c2cc(I)nc(C(F)(F)F)c2)c1. The first-order valence-corrected chi connectivity index (χ1v) is 6.73. The maximum Gasteiger partial charge on any atom is 0.573 e. The van der Waals surface area contributed by atoms with Gasteiger partial charge in [-0.15, -0.1) is 13.2 Å². The molecule has 0 fully saturated rings. The lowest BCUT2D eigenvalue weighted by Gasteiger charge is -2.12. The van der Waals surface area contributed by atoms with Gasteiger partial charge in [0.25, 0.3) is 0 Å². The van der Waals surface area contributed by atoms with Crippen LogP contribution in [0.4, 0.5) is 26.3 Å². The zero-order valence-electron chi connectivity index (χ0n) is 10.5. The summed E-state index contributed by atoms with van der Waals surface area (Å²) >= 11 is 1.61. The molecule has 0 spiro atoms. The van der Waals surface area contributed by atoms with E-state index in [2.05, 4.69) is 9.72 Å². The zero-order valence-corrected chi connectivity index (χ0v) is 12.6. The van der Waals surface area contributed by atoms with Crippen molar-refractivity contribution in [1.82, 2.24) is 4.98 Å². The van der Waals surface area contributed by atoms with Crippen LogP contribution in [0, 0.1) is 3.70 Å². The second-order valence-electron chi connectivity index (χ2n) is 4.14. The highest BCUT2D eigenvalue weighted by molar-refractivity contribution is 14.1. The lowest BCUT2D eigenvalue weighted by Crippen LogP contribution is -2.17. The minimum atomic E-state index is -4.87. The zero-order chi connectivity index (χ0) is 16.5. The number of aromatic nitrogens is 1. The molecular weight excluding hydrogens is 427 g/mol. The molecule has 22 heavy (non-hydrogen) atoms. The first-order valence-electron chi connectivity index (χ1n) is 5.65. The highest BCUT2D eigenvalue weighted by Gasteiger charge is 2.33. The highest BCUT2D eigenvalue weighted by atomic mass is 127. The van der Waals surface area contributed by atoms with E-state index in [9.17, 15) is 26.3 Å². The highest BCUT2D eigenvalue weighted by Crippen LogP contribution is 2.33. The molecule has 0 amide bonds. The Bertz CT molecular complexity index is 683. The Morgan fingerprint density at radius 1 is 0.909 bits per heavy atom. The van der Waals surface area contributed by atoms with E-state index >= 15 is 0 Å². The van der Waals surface area contributed by atoms with E-state index in [0.717, 1.165) is 18.2 Å². The van der Waals surface area contributed by atoms with Crippen molar-refractivity contribution >= 4 is 22.6 Å². The molecule has 2 nitrogen and oxygen atoms in total. The monoisotopic (exact) mass is 433 g/mol. The first-order chi connectivity index (χ1) is 10.0. The average Bonchev–Trinajstić information content (AvgIpc) is 2.35. The molecule has 118 valence electrons. The number of rotatable bonds is 2. The summed E-state index contributed by atoms with van der Waals surface area (Å²) in [6.45, 7) is 0. The number of hydrogen-bond acceptors (Lipinski definition) is 2. The third-order valence-electron chi connectivity index (χ3n) is 2.49. The van der Waals surface area contributed by atoms with E-state index < -0.39 is 24.0 Å². The van der Waals surface area contributed by atoms with Crippen molar-refractivity contribution in [2.45, 2.75) is 12.5 Å². The van der Waals surface area contributed by atoms with E-state index in [1.807, 2.05) is 0 Å². The number of benzene rings is 1. The summed E-state index contributed by atoms with van der Waals surface area (Å²) in [4.78, 5) is 3.36. The van der Waals surface area contributed by atoms with Crippen LogP contribution in [0.2, 0.25) is 0 Å². The van der Waals surface area contributed by atoms with E-state index in [1.165, 1.54) is 18.2 Å². The Kier molecular flexibility index (Phi) is 4.54. The van der Waals surface area contributed by atoms with Gasteiger partial charge in [0.15, 0.2) is 0 Å². The molecule has 2 aromatic rings. The molecular formula is C13H6F6INO. The van der Waals surface area contributed by atoms with E-state index in [0.29, 0.717) is 0 Å². The van der Waals surface area contributed by atoms with Gasteiger partial charge in [-0.1, -0.05) is 12.1 Å². The molecule has 1 aromatic carbocycles. The standard InChI is InChI=1S/C13H6F6INO/c14-12(15,16)10-5-8(6-11(20)21-10)7-2-1-3-9(4-7)22-13(17,18)19/h1-6H. The number of pyridine rings is 1. The molecule has 0 saturated carbocycles. The summed E-state index contributed by atoms with van der Waals surface area (Å²) in [6, 6.07) is 6.83. The largest absolute Gasteiger partial charge is 0.573 e. The van der Waals surface area contributed by atoms with E-state index in [1.54, 1.807) is 22.6 Å². The predicted molar refractivity (Wildman–Crippen MR) is 74.1 cm³/mol. The smallest absolute Gasteiger partial charge is 0.406 e. The van der Waals surface area contributed by atoms with Crippen molar-refractivity contribution in [3.8, 4) is 16.9 Å². The molecule has 0 aliphatic heterocycles. The molecule has 2 rings (SSSR count). The molecule has 0 aliphatic carbocycles. The fourth-order valence-electron chi connectivity index (χ4n) is 1.68. The van der Waals surface area contributed by atoms with Gasteiger partial charge in [0, 0.05) is 0 Å². The van der Waals surface area contributed by atoms with Gasteiger partial charge in [-0.3, -0.25) is 0 Å². The van der Waals surface area contributed by atoms with Crippen molar-refractivity contribution in [3.05, 3.63) is 45.8 Å². The van der Waals surface area contributed by atoms with Crippen molar-refractivity contribution < 1.29 is 31.1 Å². The van der Waals surface area contributed by atoms with Gasteiger partial charge in [-0.25, -0.2) is 4.98 Å². The van der Waals surface area contributed by atoms with Crippen LogP contribution in [0.3, 0.4) is 0 Å². The number of nitrogens with zero attached hydrogens (tertiary/aromatic N) is 1.